The molecule has 9 nitrogen and oxygen atoms in total. The molecule has 6 atom stereocenters. The Bertz CT molecular complexity index is 469. The van der Waals surface area contributed by atoms with Crippen molar-refractivity contribution in [3.05, 3.63) is 0 Å². The van der Waals surface area contributed by atoms with E-state index in [9.17, 15) is 23.9 Å². The fourth-order valence-electron chi connectivity index (χ4n) is 2.40. The average Bonchev–Trinajstić information content (AvgIpc) is 2.44. The Morgan fingerprint density at radius 2 is 1.46 bits per heavy atom. The van der Waals surface area contributed by atoms with Crippen molar-refractivity contribution in [1.29, 1.82) is 0 Å². The summed E-state index contributed by atoms with van der Waals surface area (Å²) in [7, 11) is 0. The number of halogens is 1. The predicted octanol–water partition coefficient (Wildman–Crippen LogP) is -0.781. The molecule has 1 fully saturated rings. The molecule has 1 rings (SSSR count). The van der Waals surface area contributed by atoms with Crippen LogP contribution in [0.1, 0.15) is 27.2 Å². The summed E-state index contributed by atoms with van der Waals surface area (Å²) in [6, 6.07) is 0. The van der Waals surface area contributed by atoms with Gasteiger partial charge in [0.05, 0.1) is 0 Å². The maximum absolute atomic E-state index is 14.2. The molecule has 0 radical (unpaired) electrons. The second-order valence-electron chi connectivity index (χ2n) is 5.24. The smallest absolute Gasteiger partial charge is 0.303 e. The first kappa shape index (κ1) is 20.3. The summed E-state index contributed by atoms with van der Waals surface area (Å²) in [6.45, 7) is 2.63. The topological polar surface area (TPSA) is 129 Å². The third-order valence-electron chi connectivity index (χ3n) is 3.22. The summed E-state index contributed by atoms with van der Waals surface area (Å²) in [4.78, 5) is 33.8. The molecule has 1 aliphatic heterocycles. The van der Waals surface area contributed by atoms with E-state index in [4.69, 9.17) is 24.1 Å². The molecule has 0 spiro atoms. The minimum absolute atomic E-state index is 0.361. The Balaban J connectivity index is 3.18. The molecule has 10 heteroatoms. The highest BCUT2D eigenvalue weighted by Crippen LogP contribution is 2.31. The number of carbonyl (C=O) groups is 3. The van der Waals surface area contributed by atoms with E-state index in [0.29, 0.717) is 0 Å². The van der Waals surface area contributed by atoms with Gasteiger partial charge in [-0.05, 0) is 0 Å². The normalized spacial score (nSPS) is 31.0. The van der Waals surface area contributed by atoms with E-state index in [1.807, 2.05) is 0 Å². The van der Waals surface area contributed by atoms with E-state index in [2.05, 4.69) is 0 Å². The van der Waals surface area contributed by atoms with Crippen molar-refractivity contribution in [3.63, 3.8) is 0 Å². The fourth-order valence-corrected chi connectivity index (χ4v) is 2.40. The number of carbonyl (C=O) groups excluding carboxylic acids is 3. The van der Waals surface area contributed by atoms with Gasteiger partial charge in [0.1, 0.15) is 12.3 Å². The molecule has 138 valence electrons. The van der Waals surface area contributed by atoms with Gasteiger partial charge in [-0.2, -0.15) is 0 Å². The Hall–Kier alpha value is -1.78. The molecule has 1 aliphatic rings. The minimum Gasteiger partial charge on any atom is -0.456 e. The van der Waals surface area contributed by atoms with Gasteiger partial charge < -0.3 is 29.2 Å². The van der Waals surface area contributed by atoms with Crippen molar-refractivity contribution < 1.29 is 47.9 Å². The van der Waals surface area contributed by atoms with Crippen LogP contribution < -0.4 is 0 Å². The van der Waals surface area contributed by atoms with E-state index in [-0.39, 0.29) is 6.42 Å². The van der Waals surface area contributed by atoms with Crippen LogP contribution in [0.25, 0.3) is 0 Å². The summed E-state index contributed by atoms with van der Waals surface area (Å²) in [5.74, 6) is -2.45. The van der Waals surface area contributed by atoms with E-state index in [1.54, 1.807) is 0 Å². The number of hydrogen-bond donors (Lipinski definition) is 2. The minimum atomic E-state index is -1.83. The number of aliphatic hydroxyl groups excluding tert-OH is 2. The van der Waals surface area contributed by atoms with Gasteiger partial charge in [-0.1, -0.05) is 0 Å². The molecule has 0 aromatic carbocycles. The lowest BCUT2D eigenvalue weighted by Gasteiger charge is -2.43. The van der Waals surface area contributed by atoms with Crippen molar-refractivity contribution >= 4 is 17.9 Å². The molecule has 0 aromatic heterocycles. The molecule has 0 bridgehead atoms. The van der Waals surface area contributed by atoms with Crippen molar-refractivity contribution in [2.45, 2.75) is 64.1 Å². The molecule has 1 heterocycles. The molecule has 24 heavy (non-hydrogen) atoms. The Morgan fingerprint density at radius 1 is 1.00 bits per heavy atom. The third kappa shape index (κ3) is 5.39. The van der Waals surface area contributed by atoms with Crippen molar-refractivity contribution in [3.8, 4) is 0 Å². The summed E-state index contributed by atoms with van der Waals surface area (Å²) < 4.78 is 34.1. The fraction of sp³-hybridized carbons (Fsp3) is 0.786. The number of alkyl halides is 1. The Morgan fingerprint density at radius 3 is 1.92 bits per heavy atom. The number of hydrogen-bond acceptors (Lipinski definition) is 9. The number of esters is 3. The van der Waals surface area contributed by atoms with Gasteiger partial charge in [-0.15, -0.1) is 0 Å². The highest BCUT2D eigenvalue weighted by molar-refractivity contribution is 5.68. The molecule has 2 N–H and O–H groups in total. The van der Waals surface area contributed by atoms with Gasteiger partial charge in [0, 0.05) is 33.8 Å². The highest BCUT2D eigenvalue weighted by atomic mass is 19.1. The second kappa shape index (κ2) is 8.90. The van der Waals surface area contributed by atoms with E-state index in [0.717, 1.165) is 20.8 Å². The monoisotopic (exact) mass is 352 g/mol. The molecular weight excluding hydrogens is 331 g/mol. The third-order valence-corrected chi connectivity index (χ3v) is 3.22. The van der Waals surface area contributed by atoms with E-state index in [1.165, 1.54) is 0 Å². The zero-order valence-corrected chi connectivity index (χ0v) is 13.5. The van der Waals surface area contributed by atoms with Crippen LogP contribution in [0.3, 0.4) is 0 Å². The number of rotatable bonds is 6. The van der Waals surface area contributed by atoms with Gasteiger partial charge >= 0.3 is 17.9 Å². The molecule has 3 unspecified atom stereocenters. The predicted molar refractivity (Wildman–Crippen MR) is 74.1 cm³/mol. The van der Waals surface area contributed by atoms with Gasteiger partial charge in [0.25, 0.3) is 0 Å². The molecule has 1 saturated heterocycles. The van der Waals surface area contributed by atoms with Crippen molar-refractivity contribution in [2.75, 3.05) is 6.61 Å². The SMILES string of the molecule is CC(=O)OC1[C@@H](OC(C)=O)C(O)OC([C@@H](F)CCO)[C@H]1OC(C)=O. The largest absolute Gasteiger partial charge is 0.456 e. The second-order valence-corrected chi connectivity index (χ2v) is 5.24. The van der Waals surface area contributed by atoms with Crippen molar-refractivity contribution in [2.24, 2.45) is 0 Å². The van der Waals surface area contributed by atoms with Gasteiger partial charge in [0.15, 0.2) is 24.6 Å². The van der Waals surface area contributed by atoms with Gasteiger partial charge in [-0.25, -0.2) is 4.39 Å². The summed E-state index contributed by atoms with van der Waals surface area (Å²) in [5.41, 5.74) is 0. The Kier molecular flexibility index (Phi) is 7.52. The Labute approximate surface area is 137 Å². The van der Waals surface area contributed by atoms with Crippen LogP contribution in [0.5, 0.6) is 0 Å². The molecule has 0 aromatic rings. The molecule has 0 amide bonds. The van der Waals surface area contributed by atoms with Crippen LogP contribution in [0.4, 0.5) is 4.39 Å². The van der Waals surface area contributed by atoms with Crippen LogP contribution in [-0.4, -0.2) is 71.6 Å². The first-order chi connectivity index (χ1) is 11.2. The molecule has 0 aliphatic carbocycles. The highest BCUT2D eigenvalue weighted by Gasteiger charge is 2.53. The summed E-state index contributed by atoms with van der Waals surface area (Å²) in [5, 5.41) is 18.8. The summed E-state index contributed by atoms with van der Waals surface area (Å²) >= 11 is 0. The first-order valence-electron chi connectivity index (χ1n) is 7.27. The maximum Gasteiger partial charge on any atom is 0.303 e. The number of aliphatic hydroxyl groups is 2. The van der Waals surface area contributed by atoms with Crippen molar-refractivity contribution in [1.82, 2.24) is 0 Å². The number of ether oxygens (including phenoxy) is 4. The average molecular weight is 352 g/mol. The lowest BCUT2D eigenvalue weighted by atomic mass is 9.94. The van der Waals surface area contributed by atoms with Crippen LogP contribution in [0.15, 0.2) is 0 Å². The zero-order chi connectivity index (χ0) is 18.4. The quantitative estimate of drug-likeness (QED) is 0.467. The van der Waals surface area contributed by atoms with Crippen LogP contribution in [0, 0.1) is 0 Å². The van der Waals surface area contributed by atoms with Gasteiger partial charge in [0.2, 0.25) is 0 Å². The lowest BCUT2D eigenvalue weighted by Crippen LogP contribution is -2.63. The first-order valence-corrected chi connectivity index (χ1v) is 7.27. The molecule has 0 saturated carbocycles. The molecular formula is C14H21FO9. The zero-order valence-electron chi connectivity index (χ0n) is 13.5. The van der Waals surface area contributed by atoms with Crippen LogP contribution >= 0.6 is 0 Å². The van der Waals surface area contributed by atoms with E-state index >= 15 is 0 Å². The maximum atomic E-state index is 14.2. The summed E-state index contributed by atoms with van der Waals surface area (Å²) in [6.07, 6.45) is -9.97. The van der Waals surface area contributed by atoms with E-state index < -0.39 is 61.4 Å². The van der Waals surface area contributed by atoms with Crippen LogP contribution in [0.2, 0.25) is 0 Å². The lowest BCUT2D eigenvalue weighted by molar-refractivity contribution is -0.300. The van der Waals surface area contributed by atoms with Crippen LogP contribution in [-0.2, 0) is 33.3 Å². The van der Waals surface area contributed by atoms with Gasteiger partial charge in [-0.3, -0.25) is 14.4 Å². The standard InChI is InChI=1S/C14H21FO9/c1-6(17)21-11-10(9(15)4-5-16)24-14(20)13(23-8(3)19)12(11)22-7(2)18/h9-14,16,20H,4-5H2,1-3H3/t9-,10?,11+,12?,13+,14?/m0/s1.